The third-order valence-electron chi connectivity index (χ3n) is 7.74. The number of aromatic nitrogens is 1. The lowest BCUT2D eigenvalue weighted by Crippen LogP contribution is -2.54. The number of amides is 2. The molecule has 4 atom stereocenters. The number of hydrogen-bond donors (Lipinski definition) is 4. The van der Waals surface area contributed by atoms with E-state index in [-0.39, 0.29) is 42.3 Å². The maximum atomic E-state index is 13.5. The monoisotopic (exact) mass is 633 g/mol. The van der Waals surface area contributed by atoms with Gasteiger partial charge in [0.2, 0.25) is 11.8 Å². The summed E-state index contributed by atoms with van der Waals surface area (Å²) in [4.78, 5) is 33.7. The molecular formula is C32H51N5O6S. The third kappa shape index (κ3) is 11.5. The van der Waals surface area contributed by atoms with Crippen molar-refractivity contribution in [2.75, 3.05) is 59.3 Å². The molecule has 1 saturated heterocycles. The molecule has 0 aliphatic carbocycles. The van der Waals surface area contributed by atoms with Crippen LogP contribution in [0.5, 0.6) is 0 Å². The number of carbonyl (C=O) groups excluding carboxylic acids is 2. The van der Waals surface area contributed by atoms with E-state index in [2.05, 4.69) is 48.5 Å². The number of nitrogens with zero attached hydrogens (tertiary/aromatic N) is 2. The molecule has 1 aliphatic heterocycles. The van der Waals surface area contributed by atoms with E-state index in [1.165, 1.54) is 0 Å². The number of β-amino-alcohol motifs (C(OH)–C–C–N with tert-alkyl or cyclic N) is 1. The number of aliphatic hydroxyl groups is 1. The molecule has 0 radical (unpaired) electrons. The van der Waals surface area contributed by atoms with Gasteiger partial charge in [-0.1, -0.05) is 45.0 Å². The second kappa shape index (κ2) is 17.9. The van der Waals surface area contributed by atoms with Gasteiger partial charge in [-0.15, -0.1) is 11.3 Å². The SMILES string of the molecule is Cc1ncsc1-c1ccc([C@H](C)NC(=O)[C@@H]2C[C@@H](O)CN2C[C@@H](NC(=O)CCOCCOCCOCCN)C(C)(C)C)cc1. The van der Waals surface area contributed by atoms with Gasteiger partial charge in [-0.05, 0) is 36.8 Å². The molecule has 11 nitrogen and oxygen atoms in total. The van der Waals surface area contributed by atoms with E-state index in [1.807, 2.05) is 36.4 Å². The standard InChI is InChI=1S/C32H51N5O6S/c1-22(24-6-8-25(9-7-24)30-23(2)34-21-44-30)35-31(40)27-18-26(38)19-37(27)20-28(32(3,4)5)36-29(39)10-12-41-14-16-43-17-15-42-13-11-33/h6-9,21-22,26-28,38H,10-20,33H2,1-5H3,(H,35,40)(H,36,39)/t22-,26+,27-,28+/m0/s1. The summed E-state index contributed by atoms with van der Waals surface area (Å²) in [6.45, 7) is 14.0. The number of ether oxygens (including phenoxy) is 3. The Kier molecular flexibility index (Phi) is 14.6. The minimum absolute atomic E-state index is 0.118. The summed E-state index contributed by atoms with van der Waals surface area (Å²) < 4.78 is 16.2. The maximum absolute atomic E-state index is 13.5. The number of carbonyl (C=O) groups is 2. The van der Waals surface area contributed by atoms with E-state index >= 15 is 0 Å². The molecular weight excluding hydrogens is 582 g/mol. The zero-order chi connectivity index (χ0) is 32.1. The van der Waals surface area contributed by atoms with E-state index in [0.29, 0.717) is 59.1 Å². The molecule has 246 valence electrons. The molecule has 44 heavy (non-hydrogen) atoms. The molecule has 3 rings (SSSR count). The van der Waals surface area contributed by atoms with Crippen LogP contribution in [-0.2, 0) is 23.8 Å². The predicted octanol–water partition coefficient (Wildman–Crippen LogP) is 2.66. The number of likely N-dealkylation sites (tertiary alicyclic amines) is 1. The highest BCUT2D eigenvalue weighted by Gasteiger charge is 2.39. The maximum Gasteiger partial charge on any atom is 0.237 e. The summed E-state index contributed by atoms with van der Waals surface area (Å²) in [6.07, 6.45) is -0.0401. The van der Waals surface area contributed by atoms with Gasteiger partial charge in [0.15, 0.2) is 0 Å². The number of thiazole rings is 1. The van der Waals surface area contributed by atoms with Gasteiger partial charge in [-0.2, -0.15) is 0 Å². The lowest BCUT2D eigenvalue weighted by molar-refractivity contribution is -0.126. The van der Waals surface area contributed by atoms with Crippen LogP contribution in [0, 0.1) is 12.3 Å². The molecule has 1 aliphatic rings. The first-order valence-corrected chi connectivity index (χ1v) is 16.3. The van der Waals surface area contributed by atoms with Crippen LogP contribution in [0.3, 0.4) is 0 Å². The van der Waals surface area contributed by atoms with Gasteiger partial charge in [0, 0.05) is 32.1 Å². The van der Waals surface area contributed by atoms with Crippen molar-refractivity contribution in [3.05, 3.63) is 41.0 Å². The van der Waals surface area contributed by atoms with E-state index < -0.39 is 12.1 Å². The number of aliphatic hydroxyl groups excluding tert-OH is 1. The number of nitrogens with two attached hydrogens (primary N) is 1. The fraction of sp³-hybridized carbons (Fsp3) is 0.656. The quantitative estimate of drug-likeness (QED) is 0.182. The van der Waals surface area contributed by atoms with Crippen LogP contribution in [0.1, 0.15) is 57.8 Å². The first kappa shape index (κ1) is 36.0. The molecule has 0 saturated carbocycles. The second-order valence-electron chi connectivity index (χ2n) is 12.3. The van der Waals surface area contributed by atoms with E-state index in [9.17, 15) is 14.7 Å². The van der Waals surface area contributed by atoms with Gasteiger partial charge in [-0.3, -0.25) is 14.5 Å². The molecule has 1 aromatic carbocycles. The molecule has 1 fully saturated rings. The van der Waals surface area contributed by atoms with Gasteiger partial charge >= 0.3 is 0 Å². The molecule has 0 bridgehead atoms. The molecule has 1 aromatic heterocycles. The number of nitrogens with one attached hydrogen (secondary N) is 2. The van der Waals surface area contributed by atoms with E-state index in [4.69, 9.17) is 19.9 Å². The van der Waals surface area contributed by atoms with Gasteiger partial charge in [0.1, 0.15) is 0 Å². The van der Waals surface area contributed by atoms with Crippen LogP contribution in [0.4, 0.5) is 0 Å². The molecule has 0 spiro atoms. The number of aryl methyl sites for hydroxylation is 1. The van der Waals surface area contributed by atoms with Crippen LogP contribution in [0.2, 0.25) is 0 Å². The van der Waals surface area contributed by atoms with Crippen molar-refractivity contribution in [2.24, 2.45) is 11.1 Å². The first-order chi connectivity index (χ1) is 21.0. The Morgan fingerprint density at radius 2 is 1.70 bits per heavy atom. The highest BCUT2D eigenvalue weighted by Crippen LogP contribution is 2.29. The lowest BCUT2D eigenvalue weighted by atomic mass is 9.86. The highest BCUT2D eigenvalue weighted by atomic mass is 32.1. The highest BCUT2D eigenvalue weighted by molar-refractivity contribution is 7.13. The summed E-state index contributed by atoms with van der Waals surface area (Å²) >= 11 is 1.61. The molecule has 0 unspecified atom stereocenters. The van der Waals surface area contributed by atoms with Crippen molar-refractivity contribution in [1.29, 1.82) is 0 Å². The van der Waals surface area contributed by atoms with Gasteiger partial charge in [-0.25, -0.2) is 4.98 Å². The minimum atomic E-state index is -0.609. The molecule has 12 heteroatoms. The van der Waals surface area contributed by atoms with Crippen molar-refractivity contribution < 1.29 is 28.9 Å². The Hall–Kier alpha value is -2.45. The molecule has 2 heterocycles. The fourth-order valence-electron chi connectivity index (χ4n) is 5.08. The van der Waals surface area contributed by atoms with Gasteiger partial charge < -0.3 is 35.7 Å². The van der Waals surface area contributed by atoms with Crippen LogP contribution in [-0.4, -0.2) is 104 Å². The first-order valence-electron chi connectivity index (χ1n) is 15.4. The van der Waals surface area contributed by atoms with Crippen molar-refractivity contribution in [3.8, 4) is 10.4 Å². The second-order valence-corrected chi connectivity index (χ2v) is 13.2. The van der Waals surface area contributed by atoms with Crippen LogP contribution < -0.4 is 16.4 Å². The third-order valence-corrected chi connectivity index (χ3v) is 8.72. The zero-order valence-corrected chi connectivity index (χ0v) is 27.7. The Balaban J connectivity index is 1.48. The van der Waals surface area contributed by atoms with Gasteiger partial charge in [0.05, 0.1) is 73.9 Å². The van der Waals surface area contributed by atoms with Gasteiger partial charge in [0.25, 0.3) is 0 Å². The average Bonchev–Trinajstić information content (AvgIpc) is 3.57. The summed E-state index contributed by atoms with van der Waals surface area (Å²) in [5, 5.41) is 16.8. The fourth-order valence-corrected chi connectivity index (χ4v) is 5.89. The normalized spacial score (nSPS) is 18.7. The van der Waals surface area contributed by atoms with Crippen molar-refractivity contribution >= 4 is 23.2 Å². The largest absolute Gasteiger partial charge is 0.392 e. The predicted molar refractivity (Wildman–Crippen MR) is 172 cm³/mol. The Labute approximate surface area is 265 Å². The number of rotatable bonds is 18. The summed E-state index contributed by atoms with van der Waals surface area (Å²) in [7, 11) is 0. The Morgan fingerprint density at radius 3 is 2.30 bits per heavy atom. The molecule has 5 N–H and O–H groups in total. The zero-order valence-electron chi connectivity index (χ0n) is 26.8. The van der Waals surface area contributed by atoms with Crippen molar-refractivity contribution in [1.82, 2.24) is 20.5 Å². The number of hydrogen-bond acceptors (Lipinski definition) is 10. The Morgan fingerprint density at radius 1 is 1.07 bits per heavy atom. The lowest BCUT2D eigenvalue weighted by Gasteiger charge is -2.36. The van der Waals surface area contributed by atoms with E-state index in [1.54, 1.807) is 11.3 Å². The summed E-state index contributed by atoms with van der Waals surface area (Å²) in [5.41, 5.74) is 10.1. The van der Waals surface area contributed by atoms with Crippen LogP contribution >= 0.6 is 11.3 Å². The van der Waals surface area contributed by atoms with Crippen molar-refractivity contribution in [2.45, 2.75) is 71.7 Å². The minimum Gasteiger partial charge on any atom is -0.392 e. The van der Waals surface area contributed by atoms with Crippen LogP contribution in [0.15, 0.2) is 29.8 Å². The summed E-state index contributed by atoms with van der Waals surface area (Å²) in [5.74, 6) is -0.246. The van der Waals surface area contributed by atoms with E-state index in [0.717, 1.165) is 21.7 Å². The summed E-state index contributed by atoms with van der Waals surface area (Å²) in [6, 6.07) is 7.25. The Bertz CT molecular complexity index is 1150. The topological polar surface area (TPSA) is 148 Å². The number of benzene rings is 1. The van der Waals surface area contributed by atoms with Crippen molar-refractivity contribution in [3.63, 3.8) is 0 Å². The smallest absolute Gasteiger partial charge is 0.237 e. The van der Waals surface area contributed by atoms with Crippen LogP contribution in [0.25, 0.3) is 10.4 Å². The molecule has 2 amide bonds. The average molecular weight is 634 g/mol. The molecule has 2 aromatic rings.